The van der Waals surface area contributed by atoms with Gasteiger partial charge >= 0.3 is 5.97 Å². The molecule has 3 rings (SSSR count). The normalized spacial score (nSPS) is 10.7. The van der Waals surface area contributed by atoms with Crippen LogP contribution in [0.15, 0.2) is 59.6 Å². The van der Waals surface area contributed by atoms with Crippen LogP contribution in [-0.4, -0.2) is 32.7 Å². The fourth-order valence-corrected chi connectivity index (χ4v) is 2.78. The van der Waals surface area contributed by atoms with Crippen molar-refractivity contribution in [2.24, 2.45) is 0 Å². The van der Waals surface area contributed by atoms with Gasteiger partial charge in [-0.05, 0) is 72.2 Å². The second-order valence-electron chi connectivity index (χ2n) is 6.02. The lowest BCUT2D eigenvalue weighted by Crippen LogP contribution is -2.14. The standard InChI is InChI=1S/C19H17BrN4O3/c1-12(2)27-19(26)13-3-5-14(6-4-13)23-18(25)16-9-15(7-8-17(16)20)24-10-21-22-11-24/h3-12H,1-2H3,(H,23,25). The summed E-state index contributed by atoms with van der Waals surface area (Å²) >= 11 is 3.40. The van der Waals surface area contributed by atoms with E-state index in [1.807, 2.05) is 6.07 Å². The van der Waals surface area contributed by atoms with Crippen molar-refractivity contribution >= 4 is 33.5 Å². The van der Waals surface area contributed by atoms with Crippen molar-refractivity contribution in [1.82, 2.24) is 14.8 Å². The van der Waals surface area contributed by atoms with Crippen LogP contribution in [0.25, 0.3) is 5.69 Å². The summed E-state index contributed by atoms with van der Waals surface area (Å²) in [5.74, 6) is -0.679. The minimum atomic E-state index is -0.396. The third kappa shape index (κ3) is 4.59. The second-order valence-corrected chi connectivity index (χ2v) is 6.87. The summed E-state index contributed by atoms with van der Waals surface area (Å²) in [5.41, 5.74) is 2.23. The number of carbonyl (C=O) groups is 2. The van der Waals surface area contributed by atoms with Crippen LogP contribution in [0.4, 0.5) is 5.69 Å². The fourth-order valence-electron chi connectivity index (χ4n) is 2.35. The highest BCUT2D eigenvalue weighted by molar-refractivity contribution is 9.10. The van der Waals surface area contributed by atoms with Crippen LogP contribution in [0.3, 0.4) is 0 Å². The number of anilines is 1. The van der Waals surface area contributed by atoms with Gasteiger partial charge in [0.25, 0.3) is 5.91 Å². The monoisotopic (exact) mass is 428 g/mol. The number of ether oxygens (including phenoxy) is 1. The molecule has 0 radical (unpaired) electrons. The van der Waals surface area contributed by atoms with Crippen molar-refractivity contribution in [1.29, 1.82) is 0 Å². The third-order valence-electron chi connectivity index (χ3n) is 3.63. The Labute approximate surface area is 164 Å². The molecular formula is C19H17BrN4O3. The lowest BCUT2D eigenvalue weighted by atomic mass is 10.1. The summed E-state index contributed by atoms with van der Waals surface area (Å²) in [5, 5.41) is 10.3. The summed E-state index contributed by atoms with van der Waals surface area (Å²) in [6.07, 6.45) is 2.92. The van der Waals surface area contributed by atoms with Gasteiger partial charge in [0.2, 0.25) is 0 Å². The van der Waals surface area contributed by atoms with Gasteiger partial charge in [0, 0.05) is 15.8 Å². The molecule has 0 aliphatic heterocycles. The van der Waals surface area contributed by atoms with Crippen LogP contribution in [0.1, 0.15) is 34.6 Å². The van der Waals surface area contributed by atoms with Crippen LogP contribution in [0.2, 0.25) is 0 Å². The van der Waals surface area contributed by atoms with E-state index in [1.165, 1.54) is 0 Å². The van der Waals surface area contributed by atoms with Gasteiger partial charge in [-0.2, -0.15) is 0 Å². The van der Waals surface area contributed by atoms with E-state index in [-0.39, 0.29) is 12.0 Å². The molecule has 1 aromatic heterocycles. The molecule has 8 heteroatoms. The first kappa shape index (κ1) is 18.8. The molecule has 138 valence electrons. The van der Waals surface area contributed by atoms with Gasteiger partial charge in [-0.25, -0.2) is 4.79 Å². The van der Waals surface area contributed by atoms with E-state index in [4.69, 9.17) is 4.74 Å². The van der Waals surface area contributed by atoms with Gasteiger partial charge in [0.05, 0.1) is 17.2 Å². The lowest BCUT2D eigenvalue weighted by molar-refractivity contribution is 0.0378. The molecule has 3 aromatic rings. The number of nitrogens with zero attached hydrogens (tertiary/aromatic N) is 3. The van der Waals surface area contributed by atoms with E-state index >= 15 is 0 Å². The number of hydrogen-bond donors (Lipinski definition) is 1. The highest BCUT2D eigenvalue weighted by Crippen LogP contribution is 2.22. The zero-order chi connectivity index (χ0) is 19.4. The largest absolute Gasteiger partial charge is 0.459 e. The zero-order valence-corrected chi connectivity index (χ0v) is 16.3. The third-order valence-corrected chi connectivity index (χ3v) is 4.32. The van der Waals surface area contributed by atoms with Crippen molar-refractivity contribution in [2.45, 2.75) is 20.0 Å². The Morgan fingerprint density at radius 3 is 2.37 bits per heavy atom. The maximum absolute atomic E-state index is 12.6. The molecule has 0 saturated carbocycles. The molecule has 2 aromatic carbocycles. The van der Waals surface area contributed by atoms with Crippen LogP contribution in [0, 0.1) is 0 Å². The average molecular weight is 429 g/mol. The molecule has 0 aliphatic carbocycles. The Morgan fingerprint density at radius 1 is 1.07 bits per heavy atom. The van der Waals surface area contributed by atoms with E-state index in [0.717, 1.165) is 5.69 Å². The predicted molar refractivity (Wildman–Crippen MR) is 104 cm³/mol. The van der Waals surface area contributed by atoms with E-state index < -0.39 is 5.97 Å². The van der Waals surface area contributed by atoms with Crippen molar-refractivity contribution in [3.8, 4) is 5.69 Å². The Balaban J connectivity index is 1.75. The van der Waals surface area contributed by atoms with Gasteiger partial charge in [-0.3, -0.25) is 9.36 Å². The number of hydrogen-bond acceptors (Lipinski definition) is 5. The molecule has 0 bridgehead atoms. The van der Waals surface area contributed by atoms with E-state index in [9.17, 15) is 9.59 Å². The first-order chi connectivity index (χ1) is 12.9. The lowest BCUT2D eigenvalue weighted by Gasteiger charge is -2.10. The highest BCUT2D eigenvalue weighted by atomic mass is 79.9. The summed E-state index contributed by atoms with van der Waals surface area (Å²) in [6, 6.07) is 11.9. The molecule has 7 nitrogen and oxygen atoms in total. The van der Waals surface area contributed by atoms with Gasteiger partial charge in [-0.15, -0.1) is 10.2 Å². The molecule has 0 fully saturated rings. The first-order valence-electron chi connectivity index (χ1n) is 8.21. The van der Waals surface area contributed by atoms with Crippen LogP contribution in [-0.2, 0) is 4.74 Å². The molecule has 1 amide bonds. The van der Waals surface area contributed by atoms with Crippen LogP contribution >= 0.6 is 15.9 Å². The number of esters is 1. The number of aromatic nitrogens is 3. The maximum atomic E-state index is 12.6. The van der Waals surface area contributed by atoms with E-state index in [1.54, 1.807) is 67.5 Å². The smallest absolute Gasteiger partial charge is 0.338 e. The topological polar surface area (TPSA) is 86.1 Å². The van der Waals surface area contributed by atoms with Crippen molar-refractivity contribution in [3.63, 3.8) is 0 Å². The zero-order valence-electron chi connectivity index (χ0n) is 14.7. The number of rotatable bonds is 5. The second kappa shape index (κ2) is 8.13. The number of halogens is 1. The van der Waals surface area contributed by atoms with Gasteiger partial charge < -0.3 is 10.1 Å². The van der Waals surface area contributed by atoms with Crippen molar-refractivity contribution < 1.29 is 14.3 Å². The van der Waals surface area contributed by atoms with Gasteiger partial charge in [0.1, 0.15) is 12.7 Å². The highest BCUT2D eigenvalue weighted by Gasteiger charge is 2.13. The summed E-state index contributed by atoms with van der Waals surface area (Å²) in [7, 11) is 0. The van der Waals surface area contributed by atoms with E-state index in [0.29, 0.717) is 21.3 Å². The van der Waals surface area contributed by atoms with Crippen molar-refractivity contribution in [3.05, 3.63) is 70.7 Å². The van der Waals surface area contributed by atoms with E-state index in [2.05, 4.69) is 31.4 Å². The SMILES string of the molecule is CC(C)OC(=O)c1ccc(NC(=O)c2cc(-n3cnnc3)ccc2Br)cc1. The van der Waals surface area contributed by atoms with Crippen molar-refractivity contribution in [2.75, 3.05) is 5.32 Å². The molecular weight excluding hydrogens is 412 g/mol. The van der Waals surface area contributed by atoms with Gasteiger partial charge in [-0.1, -0.05) is 0 Å². The summed E-state index contributed by atoms with van der Waals surface area (Å²) in [6.45, 7) is 3.58. The minimum absolute atomic E-state index is 0.188. The Kier molecular flexibility index (Phi) is 5.66. The average Bonchev–Trinajstić information content (AvgIpc) is 3.16. The quantitative estimate of drug-likeness (QED) is 0.623. The predicted octanol–water partition coefficient (Wildman–Crippen LogP) is 3.85. The molecule has 0 atom stereocenters. The minimum Gasteiger partial charge on any atom is -0.459 e. The maximum Gasteiger partial charge on any atom is 0.338 e. The first-order valence-corrected chi connectivity index (χ1v) is 9.00. The molecule has 27 heavy (non-hydrogen) atoms. The fraction of sp³-hybridized carbons (Fsp3) is 0.158. The number of carbonyl (C=O) groups excluding carboxylic acids is 2. The van der Waals surface area contributed by atoms with Crippen LogP contribution < -0.4 is 5.32 Å². The van der Waals surface area contributed by atoms with Gasteiger partial charge in [0.15, 0.2) is 0 Å². The number of benzene rings is 2. The Bertz CT molecular complexity index is 954. The molecule has 0 spiro atoms. The number of nitrogens with one attached hydrogen (secondary N) is 1. The molecule has 1 N–H and O–H groups in total. The number of amides is 1. The molecule has 1 heterocycles. The Morgan fingerprint density at radius 2 is 1.74 bits per heavy atom. The molecule has 0 aliphatic rings. The summed E-state index contributed by atoms with van der Waals surface area (Å²) < 4.78 is 7.51. The molecule has 0 saturated heterocycles. The Hall–Kier alpha value is -3.00. The molecule has 0 unspecified atom stereocenters. The summed E-state index contributed by atoms with van der Waals surface area (Å²) in [4.78, 5) is 24.5. The van der Waals surface area contributed by atoms with Crippen LogP contribution in [0.5, 0.6) is 0 Å².